The number of phosphoric acid groups is 1. The molecule has 3 aromatic rings. The van der Waals surface area contributed by atoms with Crippen molar-refractivity contribution in [2.75, 3.05) is 24.7 Å². The fourth-order valence-corrected chi connectivity index (χ4v) is 5.78. The molecule has 8 atom stereocenters. The number of aromatic nitrogens is 6. The summed E-state index contributed by atoms with van der Waals surface area (Å²) in [6.07, 6.45) is -5.96. The highest BCUT2D eigenvalue weighted by Gasteiger charge is 2.48. The predicted octanol–water partition coefficient (Wildman–Crippen LogP) is -2.67. The van der Waals surface area contributed by atoms with Crippen LogP contribution >= 0.6 is 16.0 Å². The van der Waals surface area contributed by atoms with Crippen LogP contribution in [0, 0.1) is 0 Å². The first kappa shape index (κ1) is 30.7. The maximum Gasteiger partial charge on any atom is 0.567 e. The number of nitrogens with two attached hydrogens (primary N) is 2. The van der Waals surface area contributed by atoms with Crippen LogP contribution in [-0.2, 0) is 27.6 Å². The Morgan fingerprint density at radius 3 is 2.55 bits per heavy atom. The number of anilines is 2. The maximum absolute atomic E-state index is 12.9. The Hall–Kier alpha value is -2.75. The quantitative estimate of drug-likeness (QED) is 0.105. The zero-order valence-electron chi connectivity index (χ0n) is 21.2. The average Bonchev–Trinajstić information content (AvgIpc) is 3.58. The van der Waals surface area contributed by atoms with Crippen LogP contribution in [0.5, 0.6) is 0 Å². The molecule has 10 N–H and O–H groups in total. The van der Waals surface area contributed by atoms with Gasteiger partial charge in [-0.1, -0.05) is 0 Å². The Morgan fingerprint density at radius 2 is 1.83 bits per heavy atom. The van der Waals surface area contributed by atoms with E-state index in [0.29, 0.717) is 0 Å². The minimum absolute atomic E-state index is 0.0621. The first-order chi connectivity index (χ1) is 19.7. The van der Waals surface area contributed by atoms with Crippen LogP contribution in [0.15, 0.2) is 29.7 Å². The van der Waals surface area contributed by atoms with Crippen LogP contribution in [0.2, 0.25) is 0 Å². The smallest absolute Gasteiger partial charge is 0.387 e. The molecule has 42 heavy (non-hydrogen) atoms. The fraction of sp³-hybridized carbons (Fsp3) is 0.526. The topological polar surface area (TPSA) is 315 Å². The van der Waals surface area contributed by atoms with Gasteiger partial charge < -0.3 is 36.0 Å². The van der Waals surface area contributed by atoms with E-state index in [-0.39, 0.29) is 29.2 Å². The summed E-state index contributed by atoms with van der Waals surface area (Å²) in [5.74, 6) is 0.0156. The van der Waals surface area contributed by atoms with Gasteiger partial charge in [0, 0.05) is 12.6 Å². The number of nitrogens with zero attached hydrogens (tertiary/aromatic N) is 6. The number of hydrogen-bond donors (Lipinski definition) is 8. The summed E-state index contributed by atoms with van der Waals surface area (Å²) in [6, 6.07) is 1.30. The molecular weight excluding hydrogens is 610 g/mol. The molecule has 0 bridgehead atoms. The van der Waals surface area contributed by atoms with Crippen LogP contribution in [0.1, 0.15) is 18.9 Å². The van der Waals surface area contributed by atoms with E-state index >= 15 is 0 Å². The summed E-state index contributed by atoms with van der Waals surface area (Å²) in [7, 11) is -9.70. The Bertz CT molecular complexity index is 1540. The van der Waals surface area contributed by atoms with E-state index in [0.717, 1.165) is 4.57 Å². The second kappa shape index (κ2) is 11.7. The Kier molecular flexibility index (Phi) is 8.58. The molecule has 0 aromatic carbocycles. The summed E-state index contributed by atoms with van der Waals surface area (Å²) in [5, 5.41) is 21.1. The predicted molar refractivity (Wildman–Crippen MR) is 137 cm³/mol. The third-order valence-electron chi connectivity index (χ3n) is 6.42. The summed E-state index contributed by atoms with van der Waals surface area (Å²) in [6.45, 7) is -1.45. The lowest BCUT2D eigenvalue weighted by molar-refractivity contribution is -0.0596. The summed E-state index contributed by atoms with van der Waals surface area (Å²) >= 11 is 0. The molecule has 0 saturated carbocycles. The summed E-state index contributed by atoms with van der Waals surface area (Å²) < 4.78 is 41.3. The van der Waals surface area contributed by atoms with Crippen molar-refractivity contribution < 1.29 is 57.4 Å². The molecule has 3 aromatic heterocycles. The lowest BCUT2D eigenvalue weighted by Gasteiger charge is -2.22. The number of imidazole rings is 1. The monoisotopic (exact) mass is 637 g/mol. The molecule has 0 aliphatic carbocycles. The number of nitrogen functional groups attached to an aromatic ring is 2. The van der Waals surface area contributed by atoms with Crippen LogP contribution in [0.4, 0.5) is 11.6 Å². The molecule has 23 heteroatoms. The SMILES string of the molecule is Nc1ccn([C@H]2C[C@H](OP(=O)(O)OC[C@H]3O[C@@H](n4cnc5c(N)ncnc54)[C@H](O)[C@@H]3O)[C@@H](CO[P+](O)(O)O)O2)c(=O)n1. The molecule has 2 saturated heterocycles. The van der Waals surface area contributed by atoms with Crippen LogP contribution < -0.4 is 17.2 Å². The van der Waals surface area contributed by atoms with Crippen molar-refractivity contribution in [2.24, 2.45) is 0 Å². The number of ether oxygens (including phenoxy) is 2. The minimum Gasteiger partial charge on any atom is -0.387 e. The van der Waals surface area contributed by atoms with E-state index in [1.165, 1.54) is 29.5 Å². The van der Waals surface area contributed by atoms with Crippen molar-refractivity contribution in [3.63, 3.8) is 0 Å². The second-order valence-electron chi connectivity index (χ2n) is 9.25. The second-order valence-corrected chi connectivity index (χ2v) is 11.9. The number of fused-ring (bicyclic) bond motifs is 1. The van der Waals surface area contributed by atoms with Gasteiger partial charge >= 0.3 is 21.7 Å². The van der Waals surface area contributed by atoms with E-state index < -0.39 is 77.9 Å². The molecular formula is C19H27N8O13P2+. The highest BCUT2D eigenvalue weighted by molar-refractivity contribution is 7.53. The molecule has 2 aliphatic heterocycles. The average molecular weight is 637 g/mol. The first-order valence-electron chi connectivity index (χ1n) is 12.0. The molecule has 0 amide bonds. The van der Waals surface area contributed by atoms with Gasteiger partial charge in [-0.05, 0) is 6.07 Å². The van der Waals surface area contributed by atoms with Gasteiger partial charge in [-0.25, -0.2) is 24.3 Å². The van der Waals surface area contributed by atoms with Crippen LogP contribution in [0.3, 0.4) is 0 Å². The molecule has 230 valence electrons. The van der Waals surface area contributed by atoms with Crippen molar-refractivity contribution in [2.45, 2.75) is 49.4 Å². The molecule has 21 nitrogen and oxygen atoms in total. The number of phosphoric ester groups is 1. The molecule has 2 fully saturated rings. The van der Waals surface area contributed by atoms with Gasteiger partial charge in [0.05, 0.1) is 12.9 Å². The van der Waals surface area contributed by atoms with E-state index in [9.17, 15) is 39.1 Å². The molecule has 5 rings (SSSR count). The van der Waals surface area contributed by atoms with Gasteiger partial charge in [0.25, 0.3) is 0 Å². The zero-order chi connectivity index (χ0) is 30.4. The van der Waals surface area contributed by atoms with Gasteiger partial charge in [0.2, 0.25) is 0 Å². The molecule has 0 radical (unpaired) electrons. The Morgan fingerprint density at radius 1 is 1.07 bits per heavy atom. The lowest BCUT2D eigenvalue weighted by Crippen LogP contribution is -2.34. The Balaban J connectivity index is 1.26. The van der Waals surface area contributed by atoms with Crippen molar-refractivity contribution in [3.8, 4) is 0 Å². The van der Waals surface area contributed by atoms with Crippen LogP contribution in [-0.4, -0.2) is 103 Å². The number of rotatable bonds is 10. The van der Waals surface area contributed by atoms with Crippen molar-refractivity contribution in [3.05, 3.63) is 35.4 Å². The first-order valence-corrected chi connectivity index (χ1v) is 15.1. The number of aliphatic hydroxyl groups excluding tert-OH is 2. The van der Waals surface area contributed by atoms with E-state index in [1.54, 1.807) is 0 Å². The van der Waals surface area contributed by atoms with Gasteiger partial charge in [0.1, 0.15) is 61.0 Å². The zero-order valence-corrected chi connectivity index (χ0v) is 23.0. The van der Waals surface area contributed by atoms with Gasteiger partial charge in [-0.3, -0.25) is 18.2 Å². The van der Waals surface area contributed by atoms with Crippen molar-refractivity contribution in [1.29, 1.82) is 0 Å². The van der Waals surface area contributed by atoms with Gasteiger partial charge in [0.15, 0.2) is 17.7 Å². The standard InChI is InChI=1S/C19H26N8O13P2/c20-11-1-2-26(19(30)25-11)12-3-8(9(38-12)4-36-41(31,32)33)40-42(34,35)37-5-10-14(28)15(29)18(39-10)27-7-24-13-16(21)22-6-23-17(13)27/h1-2,6-10,12,14-15,18,28-29,31-33H,3-5H2,(H4-,20,21,22,23,25,30,34,35)/p+1/t8-,9+,10+,12+,14+,15+,18+/m0/s1. The maximum atomic E-state index is 12.9. The fourth-order valence-electron chi connectivity index (χ4n) is 4.47. The van der Waals surface area contributed by atoms with Gasteiger partial charge in [-0.15, -0.1) is 0 Å². The van der Waals surface area contributed by atoms with E-state index in [1.807, 2.05) is 0 Å². The van der Waals surface area contributed by atoms with E-state index in [4.69, 9.17) is 30.0 Å². The van der Waals surface area contributed by atoms with Crippen molar-refractivity contribution in [1.82, 2.24) is 29.1 Å². The molecule has 1 unspecified atom stereocenters. The van der Waals surface area contributed by atoms with Crippen LogP contribution in [0.25, 0.3) is 11.2 Å². The highest BCUT2D eigenvalue weighted by Crippen LogP contribution is 2.51. The third kappa shape index (κ3) is 6.58. The van der Waals surface area contributed by atoms with Gasteiger partial charge in [-0.2, -0.15) is 24.2 Å². The van der Waals surface area contributed by atoms with Crippen molar-refractivity contribution >= 4 is 38.8 Å². The molecule has 5 heterocycles. The number of aliphatic hydroxyl groups is 2. The minimum atomic E-state index is -4.97. The molecule has 0 spiro atoms. The normalized spacial score (nSPS) is 29.7. The molecule has 2 aliphatic rings. The number of hydrogen-bond acceptors (Lipinski definition) is 18. The summed E-state index contributed by atoms with van der Waals surface area (Å²) in [5.41, 5.74) is 10.9. The summed E-state index contributed by atoms with van der Waals surface area (Å²) in [4.78, 5) is 65.8. The van der Waals surface area contributed by atoms with E-state index in [2.05, 4.69) is 24.5 Å². The lowest BCUT2D eigenvalue weighted by atomic mass is 10.1. The largest absolute Gasteiger partial charge is 0.567 e. The third-order valence-corrected chi connectivity index (χ3v) is 7.93. The highest BCUT2D eigenvalue weighted by atomic mass is 31.2. The Labute approximate surface area is 235 Å².